The van der Waals surface area contributed by atoms with E-state index in [0.29, 0.717) is 16.6 Å². The number of ether oxygens (including phenoxy) is 1. The number of hydrogen-bond acceptors (Lipinski definition) is 4. The number of amides is 1. The first-order valence-electron chi connectivity index (χ1n) is 8.32. The second-order valence-corrected chi connectivity index (χ2v) is 7.51. The van der Waals surface area contributed by atoms with E-state index in [0.717, 1.165) is 16.9 Å². The van der Waals surface area contributed by atoms with Gasteiger partial charge in [0.25, 0.3) is 5.91 Å². The Hall–Kier alpha value is -2.44. The highest BCUT2D eigenvalue weighted by atomic mass is 35.5. The third-order valence-corrected chi connectivity index (χ3v) is 5.72. The van der Waals surface area contributed by atoms with Crippen LogP contribution in [0.4, 0.5) is 4.39 Å². The maximum absolute atomic E-state index is 13.3. The lowest BCUT2D eigenvalue weighted by Crippen LogP contribution is -2.31. The average Bonchev–Trinajstić information content (AvgIpc) is 3.00. The number of carbonyl (C=O) groups excluding carboxylic acids is 2. The van der Waals surface area contributed by atoms with Crippen molar-refractivity contribution in [2.45, 2.75) is 12.8 Å². The van der Waals surface area contributed by atoms with Crippen LogP contribution in [0.2, 0.25) is 5.02 Å². The molecule has 1 atom stereocenters. The van der Waals surface area contributed by atoms with E-state index in [-0.39, 0.29) is 15.8 Å². The predicted octanol–water partition coefficient (Wildman–Crippen LogP) is 4.77. The molecule has 0 saturated carbocycles. The summed E-state index contributed by atoms with van der Waals surface area (Å²) in [6.45, 7) is 2.03. The largest absolute Gasteiger partial charge is 0.451 e. The van der Waals surface area contributed by atoms with E-state index < -0.39 is 24.3 Å². The summed E-state index contributed by atoms with van der Waals surface area (Å²) in [4.78, 5) is 24.3. The Morgan fingerprint density at radius 2 is 1.96 bits per heavy atom. The molecule has 1 amide bonds. The summed E-state index contributed by atoms with van der Waals surface area (Å²) in [6.07, 6.45) is 0. The highest BCUT2D eigenvalue weighted by Gasteiger charge is 2.20. The normalized spacial score (nSPS) is 12.0. The Kier molecular flexibility index (Phi) is 6.08. The fraction of sp³-hybridized carbons (Fsp3) is 0.200. The molecule has 0 fully saturated rings. The van der Waals surface area contributed by atoms with Gasteiger partial charge in [-0.2, -0.15) is 0 Å². The van der Waals surface area contributed by atoms with Gasteiger partial charge in [0.05, 0.1) is 5.02 Å². The van der Waals surface area contributed by atoms with E-state index in [4.69, 9.17) is 16.3 Å². The molecule has 0 aliphatic carbocycles. The third-order valence-electron chi connectivity index (χ3n) is 4.09. The van der Waals surface area contributed by atoms with Crippen molar-refractivity contribution in [2.24, 2.45) is 0 Å². The number of fused-ring (bicyclic) bond motifs is 1. The molecule has 1 aromatic heterocycles. The van der Waals surface area contributed by atoms with Crippen molar-refractivity contribution < 1.29 is 18.7 Å². The van der Waals surface area contributed by atoms with Gasteiger partial charge in [-0.25, -0.2) is 9.18 Å². The van der Waals surface area contributed by atoms with Gasteiger partial charge >= 0.3 is 5.97 Å². The Labute approximate surface area is 164 Å². The number of benzene rings is 2. The van der Waals surface area contributed by atoms with E-state index in [2.05, 4.69) is 5.32 Å². The van der Waals surface area contributed by atoms with E-state index in [9.17, 15) is 14.0 Å². The minimum absolute atomic E-state index is 0.137. The minimum atomic E-state index is -0.701. The molecule has 0 saturated heterocycles. The lowest BCUT2D eigenvalue weighted by atomic mass is 10.0. The van der Waals surface area contributed by atoms with Crippen LogP contribution < -0.4 is 5.32 Å². The zero-order valence-corrected chi connectivity index (χ0v) is 16.1. The van der Waals surface area contributed by atoms with Crippen LogP contribution in [0.15, 0.2) is 48.5 Å². The lowest BCUT2D eigenvalue weighted by molar-refractivity contribution is -0.124. The minimum Gasteiger partial charge on any atom is -0.451 e. The summed E-state index contributed by atoms with van der Waals surface area (Å²) in [7, 11) is 0. The topological polar surface area (TPSA) is 55.4 Å². The van der Waals surface area contributed by atoms with Gasteiger partial charge in [0.1, 0.15) is 10.7 Å². The standard InChI is InChI=1S/C20H17ClFNO3S/c1-12(13-5-3-2-4-6-13)10-23-17(24)11-26-20(25)19-18(21)15-8-7-14(22)9-16(15)27-19/h2-9,12H,10-11H2,1H3,(H,23,24). The van der Waals surface area contributed by atoms with Crippen LogP contribution in [0, 0.1) is 5.82 Å². The molecular formula is C20H17ClFNO3S. The predicted molar refractivity (Wildman–Crippen MR) is 105 cm³/mol. The highest BCUT2D eigenvalue weighted by molar-refractivity contribution is 7.21. The zero-order chi connectivity index (χ0) is 19.4. The number of nitrogens with one attached hydrogen (secondary N) is 1. The van der Waals surface area contributed by atoms with Gasteiger partial charge < -0.3 is 10.1 Å². The molecule has 0 bridgehead atoms. The smallest absolute Gasteiger partial charge is 0.350 e. The molecule has 27 heavy (non-hydrogen) atoms. The zero-order valence-electron chi connectivity index (χ0n) is 14.5. The van der Waals surface area contributed by atoms with E-state index in [1.54, 1.807) is 0 Å². The monoisotopic (exact) mass is 405 g/mol. The Morgan fingerprint density at radius 3 is 2.70 bits per heavy atom. The van der Waals surface area contributed by atoms with Gasteiger partial charge in [0, 0.05) is 16.6 Å². The molecule has 4 nitrogen and oxygen atoms in total. The first-order chi connectivity index (χ1) is 13.0. The van der Waals surface area contributed by atoms with Gasteiger partial charge in [0.2, 0.25) is 0 Å². The van der Waals surface area contributed by atoms with Crippen molar-refractivity contribution in [1.82, 2.24) is 5.32 Å². The number of hydrogen-bond donors (Lipinski definition) is 1. The fourth-order valence-corrected chi connectivity index (χ4v) is 4.01. The van der Waals surface area contributed by atoms with Crippen molar-refractivity contribution in [2.75, 3.05) is 13.2 Å². The molecule has 1 heterocycles. The summed E-state index contributed by atoms with van der Waals surface area (Å²) in [6, 6.07) is 13.9. The van der Waals surface area contributed by atoms with Gasteiger partial charge in [-0.1, -0.05) is 48.9 Å². The molecule has 1 unspecified atom stereocenters. The molecule has 2 aromatic carbocycles. The summed E-state index contributed by atoms with van der Waals surface area (Å²) < 4.78 is 18.9. The van der Waals surface area contributed by atoms with Crippen LogP contribution in [0.5, 0.6) is 0 Å². The Bertz CT molecular complexity index is 974. The quantitative estimate of drug-likeness (QED) is 0.601. The van der Waals surface area contributed by atoms with E-state index >= 15 is 0 Å². The number of thiophene rings is 1. The van der Waals surface area contributed by atoms with Gasteiger partial charge in [-0.3, -0.25) is 4.79 Å². The highest BCUT2D eigenvalue weighted by Crippen LogP contribution is 2.36. The number of esters is 1. The number of halogens is 2. The van der Waals surface area contributed by atoms with E-state index in [1.807, 2.05) is 37.3 Å². The summed E-state index contributed by atoms with van der Waals surface area (Å²) in [5.41, 5.74) is 1.11. The fourth-order valence-electron chi connectivity index (χ4n) is 2.58. The van der Waals surface area contributed by atoms with Crippen molar-refractivity contribution in [3.05, 3.63) is 69.8 Å². The van der Waals surface area contributed by atoms with Crippen LogP contribution in [0.25, 0.3) is 10.1 Å². The molecule has 1 N–H and O–H groups in total. The van der Waals surface area contributed by atoms with Crippen LogP contribution in [-0.2, 0) is 9.53 Å². The Balaban J connectivity index is 1.54. The molecule has 0 spiro atoms. The van der Waals surface area contributed by atoms with Crippen molar-refractivity contribution in [3.8, 4) is 0 Å². The number of carbonyl (C=O) groups is 2. The molecule has 7 heteroatoms. The Morgan fingerprint density at radius 1 is 1.22 bits per heavy atom. The maximum atomic E-state index is 13.3. The second-order valence-electron chi connectivity index (χ2n) is 6.08. The van der Waals surface area contributed by atoms with Crippen LogP contribution in [0.1, 0.15) is 28.1 Å². The molecular weight excluding hydrogens is 389 g/mol. The van der Waals surface area contributed by atoms with Crippen molar-refractivity contribution in [1.29, 1.82) is 0 Å². The summed E-state index contributed by atoms with van der Waals surface area (Å²) >= 11 is 7.21. The maximum Gasteiger partial charge on any atom is 0.350 e. The van der Waals surface area contributed by atoms with Crippen LogP contribution >= 0.6 is 22.9 Å². The van der Waals surface area contributed by atoms with Gasteiger partial charge in [-0.15, -0.1) is 11.3 Å². The molecule has 3 rings (SSSR count). The second kappa shape index (κ2) is 8.50. The van der Waals surface area contributed by atoms with E-state index in [1.165, 1.54) is 18.2 Å². The van der Waals surface area contributed by atoms with Crippen molar-refractivity contribution >= 4 is 44.9 Å². The van der Waals surface area contributed by atoms with Gasteiger partial charge in [-0.05, 0) is 29.7 Å². The number of rotatable bonds is 6. The van der Waals surface area contributed by atoms with Crippen LogP contribution in [-0.4, -0.2) is 25.0 Å². The van der Waals surface area contributed by atoms with Gasteiger partial charge in [0.15, 0.2) is 6.61 Å². The molecule has 3 aromatic rings. The average molecular weight is 406 g/mol. The third kappa shape index (κ3) is 4.64. The molecule has 0 radical (unpaired) electrons. The first-order valence-corrected chi connectivity index (χ1v) is 9.51. The molecule has 140 valence electrons. The van der Waals surface area contributed by atoms with Crippen molar-refractivity contribution in [3.63, 3.8) is 0 Å². The van der Waals surface area contributed by atoms with Crippen LogP contribution in [0.3, 0.4) is 0 Å². The molecule has 0 aliphatic heterocycles. The summed E-state index contributed by atoms with van der Waals surface area (Å²) in [5.74, 6) is -1.37. The SMILES string of the molecule is CC(CNC(=O)COC(=O)c1sc2cc(F)ccc2c1Cl)c1ccccc1. The molecule has 0 aliphatic rings. The summed E-state index contributed by atoms with van der Waals surface area (Å²) in [5, 5.41) is 3.53. The lowest BCUT2D eigenvalue weighted by Gasteiger charge is -2.13. The first kappa shape index (κ1) is 19.3.